The van der Waals surface area contributed by atoms with E-state index in [9.17, 15) is 0 Å². The van der Waals surface area contributed by atoms with Gasteiger partial charge in [0.1, 0.15) is 11.6 Å². The van der Waals surface area contributed by atoms with E-state index in [4.69, 9.17) is 9.47 Å². The molecule has 5 nitrogen and oxygen atoms in total. The highest BCUT2D eigenvalue weighted by atomic mass is 16.5. The first kappa shape index (κ1) is 15.7. The smallest absolute Gasteiger partial charge is 0.218 e. The molecular formula is C14H25N3O2. The molecule has 0 atom stereocenters. The predicted octanol–water partition coefficient (Wildman–Crippen LogP) is 2.66. The van der Waals surface area contributed by atoms with E-state index in [0.29, 0.717) is 24.2 Å². The van der Waals surface area contributed by atoms with Gasteiger partial charge in [0.05, 0.1) is 6.61 Å². The van der Waals surface area contributed by atoms with Crippen molar-refractivity contribution < 1.29 is 9.47 Å². The van der Waals surface area contributed by atoms with Crippen LogP contribution in [-0.4, -0.2) is 36.3 Å². The quantitative estimate of drug-likeness (QED) is 0.697. The Hall–Kier alpha value is -1.36. The Morgan fingerprint density at radius 2 is 2.11 bits per heavy atom. The summed E-state index contributed by atoms with van der Waals surface area (Å²) in [5.41, 5.74) is 0. The number of ether oxygens (including phenoxy) is 2. The fourth-order valence-corrected chi connectivity index (χ4v) is 1.56. The maximum atomic E-state index is 5.52. The highest BCUT2D eigenvalue weighted by molar-refractivity contribution is 5.38. The summed E-state index contributed by atoms with van der Waals surface area (Å²) in [5, 5.41) is 3.26. The first-order chi connectivity index (χ1) is 9.11. The van der Waals surface area contributed by atoms with Crippen LogP contribution in [0.3, 0.4) is 0 Å². The number of nitrogens with one attached hydrogen (secondary N) is 1. The minimum atomic E-state index is 0.589. The van der Waals surface area contributed by atoms with Crippen LogP contribution in [0, 0.1) is 12.8 Å². The van der Waals surface area contributed by atoms with Crippen molar-refractivity contribution in [3.05, 3.63) is 11.9 Å². The molecule has 0 fully saturated rings. The molecule has 108 valence electrons. The lowest BCUT2D eigenvalue weighted by molar-refractivity contribution is 0.110. The van der Waals surface area contributed by atoms with Gasteiger partial charge in [0.15, 0.2) is 0 Å². The van der Waals surface area contributed by atoms with E-state index in [0.717, 1.165) is 32.0 Å². The van der Waals surface area contributed by atoms with E-state index in [2.05, 4.69) is 29.1 Å². The standard InChI is InChI=1S/C14H25N3O2/c1-5-19-14-9-13(16-12(4)17-14)15-7-6-8-18-10-11(2)3/h9,11H,5-8,10H2,1-4H3,(H,15,16,17). The van der Waals surface area contributed by atoms with E-state index < -0.39 is 0 Å². The Kier molecular flexibility index (Phi) is 7.18. The van der Waals surface area contributed by atoms with Crippen LogP contribution in [0.5, 0.6) is 5.88 Å². The van der Waals surface area contributed by atoms with Gasteiger partial charge in [0.2, 0.25) is 5.88 Å². The number of rotatable bonds is 9. The molecule has 0 saturated heterocycles. The highest BCUT2D eigenvalue weighted by Crippen LogP contribution is 2.13. The van der Waals surface area contributed by atoms with E-state index in [1.165, 1.54) is 0 Å². The normalized spacial score (nSPS) is 10.8. The lowest BCUT2D eigenvalue weighted by atomic mass is 10.2. The van der Waals surface area contributed by atoms with Crippen molar-refractivity contribution in [3.63, 3.8) is 0 Å². The summed E-state index contributed by atoms with van der Waals surface area (Å²) in [7, 11) is 0. The van der Waals surface area contributed by atoms with E-state index in [1.54, 1.807) is 0 Å². The molecule has 1 N–H and O–H groups in total. The summed E-state index contributed by atoms with van der Waals surface area (Å²) in [6.07, 6.45) is 0.958. The number of anilines is 1. The van der Waals surface area contributed by atoms with Crippen LogP contribution < -0.4 is 10.1 Å². The average molecular weight is 267 g/mol. The summed E-state index contributed by atoms with van der Waals surface area (Å²) >= 11 is 0. The van der Waals surface area contributed by atoms with Crippen molar-refractivity contribution in [1.82, 2.24) is 9.97 Å². The summed E-state index contributed by atoms with van der Waals surface area (Å²) in [6, 6.07) is 1.82. The third-order valence-electron chi connectivity index (χ3n) is 2.33. The van der Waals surface area contributed by atoms with Gasteiger partial charge in [-0.1, -0.05) is 13.8 Å². The van der Waals surface area contributed by atoms with Gasteiger partial charge in [-0.25, -0.2) is 4.98 Å². The molecule has 1 aromatic heterocycles. The lowest BCUT2D eigenvalue weighted by Gasteiger charge is -2.09. The van der Waals surface area contributed by atoms with Gasteiger partial charge in [0, 0.05) is 25.8 Å². The average Bonchev–Trinajstić information content (AvgIpc) is 2.33. The van der Waals surface area contributed by atoms with Crippen molar-refractivity contribution in [2.45, 2.75) is 34.1 Å². The monoisotopic (exact) mass is 267 g/mol. The molecule has 0 radical (unpaired) electrons. The van der Waals surface area contributed by atoms with E-state index in [-0.39, 0.29) is 0 Å². The molecule has 0 aliphatic rings. The van der Waals surface area contributed by atoms with Crippen LogP contribution in [0.2, 0.25) is 0 Å². The van der Waals surface area contributed by atoms with Crippen LogP contribution in [0.15, 0.2) is 6.07 Å². The van der Waals surface area contributed by atoms with Crippen LogP contribution >= 0.6 is 0 Å². The first-order valence-electron chi connectivity index (χ1n) is 6.92. The van der Waals surface area contributed by atoms with Gasteiger partial charge in [-0.2, -0.15) is 4.98 Å². The van der Waals surface area contributed by atoms with Crippen molar-refractivity contribution in [2.24, 2.45) is 5.92 Å². The van der Waals surface area contributed by atoms with Gasteiger partial charge < -0.3 is 14.8 Å². The molecule has 1 rings (SSSR count). The van der Waals surface area contributed by atoms with Crippen LogP contribution in [0.1, 0.15) is 33.0 Å². The fourth-order valence-electron chi connectivity index (χ4n) is 1.56. The molecular weight excluding hydrogens is 242 g/mol. The molecule has 0 spiro atoms. The van der Waals surface area contributed by atoms with Gasteiger partial charge in [0.25, 0.3) is 0 Å². The number of hydrogen-bond donors (Lipinski definition) is 1. The van der Waals surface area contributed by atoms with Gasteiger partial charge in [-0.3, -0.25) is 0 Å². The molecule has 1 heterocycles. The van der Waals surface area contributed by atoms with Gasteiger partial charge >= 0.3 is 0 Å². The SMILES string of the molecule is CCOc1cc(NCCCOCC(C)C)nc(C)n1. The van der Waals surface area contributed by atoms with Crippen LogP contribution in [0.4, 0.5) is 5.82 Å². The molecule has 0 bridgehead atoms. The summed E-state index contributed by atoms with van der Waals surface area (Å²) in [5.74, 6) is 2.73. The largest absolute Gasteiger partial charge is 0.478 e. The number of nitrogens with zero attached hydrogens (tertiary/aromatic N) is 2. The Morgan fingerprint density at radius 1 is 1.32 bits per heavy atom. The minimum absolute atomic E-state index is 0.589. The maximum absolute atomic E-state index is 5.52. The molecule has 0 aliphatic heterocycles. The van der Waals surface area contributed by atoms with Gasteiger partial charge in [-0.05, 0) is 26.2 Å². The third kappa shape index (κ3) is 6.96. The van der Waals surface area contributed by atoms with Crippen molar-refractivity contribution >= 4 is 5.82 Å². The summed E-state index contributed by atoms with van der Waals surface area (Å²) in [4.78, 5) is 8.52. The second kappa shape index (κ2) is 8.69. The second-order valence-electron chi connectivity index (χ2n) is 4.82. The minimum Gasteiger partial charge on any atom is -0.478 e. The number of aromatic nitrogens is 2. The van der Waals surface area contributed by atoms with Crippen LogP contribution in [-0.2, 0) is 4.74 Å². The molecule has 0 unspecified atom stereocenters. The lowest BCUT2D eigenvalue weighted by Crippen LogP contribution is -2.10. The molecule has 1 aromatic rings. The number of aryl methyl sites for hydroxylation is 1. The molecule has 0 aliphatic carbocycles. The first-order valence-corrected chi connectivity index (χ1v) is 6.92. The number of hydrogen-bond acceptors (Lipinski definition) is 5. The van der Waals surface area contributed by atoms with Gasteiger partial charge in [-0.15, -0.1) is 0 Å². The highest BCUT2D eigenvalue weighted by Gasteiger charge is 2.02. The fraction of sp³-hybridized carbons (Fsp3) is 0.714. The molecule has 5 heteroatoms. The van der Waals surface area contributed by atoms with E-state index in [1.807, 2.05) is 19.9 Å². The maximum Gasteiger partial charge on any atom is 0.218 e. The molecule has 0 amide bonds. The Labute approximate surface area is 115 Å². The van der Waals surface area contributed by atoms with E-state index >= 15 is 0 Å². The second-order valence-corrected chi connectivity index (χ2v) is 4.82. The third-order valence-corrected chi connectivity index (χ3v) is 2.33. The van der Waals surface area contributed by atoms with Crippen molar-refractivity contribution in [3.8, 4) is 5.88 Å². The predicted molar refractivity (Wildman–Crippen MR) is 76.7 cm³/mol. The summed E-state index contributed by atoms with van der Waals surface area (Å²) in [6.45, 7) is 11.1. The van der Waals surface area contributed by atoms with Crippen LogP contribution in [0.25, 0.3) is 0 Å². The van der Waals surface area contributed by atoms with Crippen molar-refractivity contribution in [1.29, 1.82) is 0 Å². The molecule has 0 aromatic carbocycles. The Morgan fingerprint density at radius 3 is 2.79 bits per heavy atom. The van der Waals surface area contributed by atoms with Crippen molar-refractivity contribution in [2.75, 3.05) is 31.7 Å². The molecule has 19 heavy (non-hydrogen) atoms. The zero-order chi connectivity index (χ0) is 14.1. The summed E-state index contributed by atoms with van der Waals surface area (Å²) < 4.78 is 10.9. The molecule has 0 saturated carbocycles. The topological polar surface area (TPSA) is 56.3 Å². The zero-order valence-electron chi connectivity index (χ0n) is 12.4. The Balaban J connectivity index is 2.28. The zero-order valence-corrected chi connectivity index (χ0v) is 12.4. The Bertz CT molecular complexity index is 370.